The maximum absolute atomic E-state index is 12.6. The highest BCUT2D eigenvalue weighted by Gasteiger charge is 2.27. The van der Waals surface area contributed by atoms with Crippen LogP contribution in [0.5, 0.6) is 5.75 Å². The predicted molar refractivity (Wildman–Crippen MR) is 91.2 cm³/mol. The molecule has 7 nitrogen and oxygen atoms in total. The molecule has 0 bridgehead atoms. The van der Waals surface area contributed by atoms with E-state index in [9.17, 15) is 18.4 Å². The lowest BCUT2D eigenvalue weighted by Crippen LogP contribution is -2.39. The van der Waals surface area contributed by atoms with E-state index in [1.54, 1.807) is 22.6 Å². The van der Waals surface area contributed by atoms with Crippen LogP contribution in [0.1, 0.15) is 45.3 Å². The van der Waals surface area contributed by atoms with Crippen molar-refractivity contribution in [3.63, 3.8) is 0 Å². The number of piperidine rings is 1. The van der Waals surface area contributed by atoms with Crippen molar-refractivity contribution in [1.82, 2.24) is 14.7 Å². The standard InChI is InChI=1S/C18H19F2N3O4/c1-11-15(17(25)26)10-21-23(11)13-5-7-22(8-6-13)16(24)12-3-2-4-14(9-12)27-18(19)20/h2-4,9-10,13,18H,5-8H2,1H3,(H,25,26). The van der Waals surface area contributed by atoms with Crippen LogP contribution in [0.15, 0.2) is 30.5 Å². The number of likely N-dealkylation sites (tertiary alicyclic amines) is 1. The number of amides is 1. The predicted octanol–water partition coefficient (Wildman–Crippen LogP) is 2.97. The number of alkyl halides is 2. The number of nitrogens with zero attached hydrogens (tertiary/aromatic N) is 3. The van der Waals surface area contributed by atoms with E-state index in [1.165, 1.54) is 24.4 Å². The fraction of sp³-hybridized carbons (Fsp3) is 0.389. The van der Waals surface area contributed by atoms with Gasteiger partial charge in [-0.05, 0) is 38.0 Å². The SMILES string of the molecule is Cc1c(C(=O)O)cnn1C1CCN(C(=O)c2cccc(OC(F)F)c2)CC1. The Morgan fingerprint density at radius 1 is 1.30 bits per heavy atom. The molecule has 1 saturated heterocycles. The lowest BCUT2D eigenvalue weighted by atomic mass is 10.0. The molecule has 0 saturated carbocycles. The fourth-order valence-corrected chi connectivity index (χ4v) is 3.30. The number of rotatable bonds is 5. The average Bonchev–Trinajstić information content (AvgIpc) is 3.02. The summed E-state index contributed by atoms with van der Waals surface area (Å²) in [6.07, 6.45) is 2.59. The van der Waals surface area contributed by atoms with E-state index in [1.807, 2.05) is 0 Å². The number of carbonyl (C=O) groups is 2. The van der Waals surface area contributed by atoms with E-state index in [-0.39, 0.29) is 28.8 Å². The van der Waals surface area contributed by atoms with Gasteiger partial charge in [-0.25, -0.2) is 4.79 Å². The highest BCUT2D eigenvalue weighted by Crippen LogP contribution is 2.26. The maximum Gasteiger partial charge on any atom is 0.387 e. The molecule has 27 heavy (non-hydrogen) atoms. The van der Waals surface area contributed by atoms with Gasteiger partial charge in [0.05, 0.1) is 17.9 Å². The zero-order valence-corrected chi connectivity index (χ0v) is 14.6. The van der Waals surface area contributed by atoms with Crippen molar-refractivity contribution >= 4 is 11.9 Å². The summed E-state index contributed by atoms with van der Waals surface area (Å²) < 4.78 is 30.7. The van der Waals surface area contributed by atoms with Gasteiger partial charge in [-0.2, -0.15) is 13.9 Å². The van der Waals surface area contributed by atoms with Crippen LogP contribution in [-0.4, -0.2) is 51.4 Å². The van der Waals surface area contributed by atoms with Gasteiger partial charge in [-0.15, -0.1) is 0 Å². The lowest BCUT2D eigenvalue weighted by molar-refractivity contribution is -0.0499. The third-order valence-corrected chi connectivity index (χ3v) is 4.68. The summed E-state index contributed by atoms with van der Waals surface area (Å²) in [6.45, 7) is -0.308. The molecule has 2 heterocycles. The van der Waals surface area contributed by atoms with E-state index in [0.717, 1.165) is 0 Å². The van der Waals surface area contributed by atoms with Crippen molar-refractivity contribution in [2.24, 2.45) is 0 Å². The molecule has 0 atom stereocenters. The van der Waals surface area contributed by atoms with Gasteiger partial charge in [-0.1, -0.05) is 6.07 Å². The molecule has 9 heteroatoms. The molecule has 1 aromatic carbocycles. The summed E-state index contributed by atoms with van der Waals surface area (Å²) in [6, 6.07) is 5.74. The van der Waals surface area contributed by atoms with Crippen molar-refractivity contribution < 1.29 is 28.2 Å². The Labute approximate surface area is 154 Å². The first kappa shape index (κ1) is 18.8. The van der Waals surface area contributed by atoms with Crippen LogP contribution in [-0.2, 0) is 0 Å². The van der Waals surface area contributed by atoms with E-state index in [2.05, 4.69) is 9.84 Å². The molecule has 0 unspecified atom stereocenters. The molecule has 0 aliphatic carbocycles. The first-order valence-corrected chi connectivity index (χ1v) is 8.48. The average molecular weight is 379 g/mol. The minimum absolute atomic E-state index is 0.00986. The number of benzene rings is 1. The van der Waals surface area contributed by atoms with Gasteiger partial charge in [-0.3, -0.25) is 9.48 Å². The van der Waals surface area contributed by atoms with E-state index < -0.39 is 12.6 Å². The van der Waals surface area contributed by atoms with E-state index in [4.69, 9.17) is 5.11 Å². The van der Waals surface area contributed by atoms with Crippen LogP contribution in [0.2, 0.25) is 0 Å². The second-order valence-electron chi connectivity index (χ2n) is 6.32. The number of hydrogen-bond acceptors (Lipinski definition) is 4. The molecule has 0 spiro atoms. The van der Waals surface area contributed by atoms with Gasteiger partial charge in [0, 0.05) is 18.7 Å². The minimum Gasteiger partial charge on any atom is -0.478 e. The van der Waals surface area contributed by atoms with Crippen molar-refractivity contribution in [3.8, 4) is 5.75 Å². The summed E-state index contributed by atoms with van der Waals surface area (Å²) in [5.74, 6) is -1.33. The molecule has 1 N–H and O–H groups in total. The van der Waals surface area contributed by atoms with Crippen molar-refractivity contribution in [2.75, 3.05) is 13.1 Å². The first-order chi connectivity index (χ1) is 12.9. The molecule has 1 aliphatic heterocycles. The topological polar surface area (TPSA) is 84.7 Å². The molecular weight excluding hydrogens is 360 g/mol. The number of carboxylic acids is 1. The molecule has 1 amide bonds. The summed E-state index contributed by atoms with van der Waals surface area (Å²) in [5.41, 5.74) is 1.04. The molecule has 1 aliphatic rings. The summed E-state index contributed by atoms with van der Waals surface area (Å²) in [7, 11) is 0. The van der Waals surface area contributed by atoms with Gasteiger partial charge in [0.25, 0.3) is 5.91 Å². The smallest absolute Gasteiger partial charge is 0.387 e. The van der Waals surface area contributed by atoms with Crippen molar-refractivity contribution in [3.05, 3.63) is 47.3 Å². The van der Waals surface area contributed by atoms with Gasteiger partial charge in [0.15, 0.2) is 0 Å². The zero-order valence-electron chi connectivity index (χ0n) is 14.6. The Bertz CT molecular complexity index is 845. The highest BCUT2D eigenvalue weighted by atomic mass is 19.3. The number of aromatic nitrogens is 2. The number of halogens is 2. The van der Waals surface area contributed by atoms with E-state index in [0.29, 0.717) is 31.6 Å². The second kappa shape index (κ2) is 7.73. The minimum atomic E-state index is -2.95. The normalized spacial score (nSPS) is 15.2. The van der Waals surface area contributed by atoms with Crippen LogP contribution >= 0.6 is 0 Å². The van der Waals surface area contributed by atoms with Crippen LogP contribution in [0, 0.1) is 6.92 Å². The van der Waals surface area contributed by atoms with Gasteiger partial charge >= 0.3 is 12.6 Å². The highest BCUT2D eigenvalue weighted by molar-refractivity contribution is 5.94. The summed E-state index contributed by atoms with van der Waals surface area (Å²) in [5, 5.41) is 13.3. The Hall–Kier alpha value is -2.97. The van der Waals surface area contributed by atoms with E-state index >= 15 is 0 Å². The van der Waals surface area contributed by atoms with Crippen LogP contribution in [0.3, 0.4) is 0 Å². The molecular formula is C18H19F2N3O4. The van der Waals surface area contributed by atoms with Crippen LogP contribution in [0.25, 0.3) is 0 Å². The van der Waals surface area contributed by atoms with Crippen LogP contribution < -0.4 is 4.74 Å². The molecule has 2 aromatic rings. The molecule has 1 fully saturated rings. The maximum atomic E-state index is 12.6. The fourth-order valence-electron chi connectivity index (χ4n) is 3.30. The largest absolute Gasteiger partial charge is 0.478 e. The molecule has 3 rings (SSSR count). The molecule has 144 valence electrons. The lowest BCUT2D eigenvalue weighted by Gasteiger charge is -2.32. The van der Waals surface area contributed by atoms with Gasteiger partial charge < -0.3 is 14.7 Å². The number of hydrogen-bond donors (Lipinski definition) is 1. The Kier molecular flexibility index (Phi) is 5.38. The van der Waals surface area contributed by atoms with Gasteiger partial charge in [0.1, 0.15) is 11.3 Å². The monoisotopic (exact) mass is 379 g/mol. The number of ether oxygens (including phenoxy) is 1. The Morgan fingerprint density at radius 2 is 2.00 bits per heavy atom. The van der Waals surface area contributed by atoms with Crippen molar-refractivity contribution in [1.29, 1.82) is 0 Å². The third kappa shape index (κ3) is 4.07. The quantitative estimate of drug-likeness (QED) is 0.863. The number of carbonyl (C=O) groups excluding carboxylic acids is 1. The number of carboxylic acid groups (broad SMARTS) is 1. The molecule has 0 radical (unpaired) electrons. The van der Waals surface area contributed by atoms with Gasteiger partial charge in [0.2, 0.25) is 0 Å². The summed E-state index contributed by atoms with van der Waals surface area (Å²) in [4.78, 5) is 25.4. The first-order valence-electron chi connectivity index (χ1n) is 8.48. The number of aromatic carboxylic acids is 1. The Balaban J connectivity index is 1.65. The third-order valence-electron chi connectivity index (χ3n) is 4.68. The molecule has 1 aromatic heterocycles. The second-order valence-corrected chi connectivity index (χ2v) is 6.32. The zero-order chi connectivity index (χ0) is 19.6. The Morgan fingerprint density at radius 3 is 2.59 bits per heavy atom. The van der Waals surface area contributed by atoms with Crippen molar-refractivity contribution in [2.45, 2.75) is 32.4 Å². The van der Waals surface area contributed by atoms with Crippen LogP contribution in [0.4, 0.5) is 8.78 Å². The summed E-state index contributed by atoms with van der Waals surface area (Å²) >= 11 is 0.